The van der Waals surface area contributed by atoms with Gasteiger partial charge >= 0.3 is 29.2 Å². The lowest BCUT2D eigenvalue weighted by molar-refractivity contribution is -0.384. The molecule has 0 heterocycles. The molecule has 7 nitrogen and oxygen atoms in total. The van der Waals surface area contributed by atoms with Crippen LogP contribution in [0.4, 0.5) is 45.2 Å². The topological polar surface area (TPSA) is 104 Å². The number of nitro benzene ring substituents is 1. The molecule has 0 unspecified atom stereocenters. The first-order chi connectivity index (χ1) is 16.7. The van der Waals surface area contributed by atoms with Crippen LogP contribution in [0.5, 0.6) is 0 Å². The van der Waals surface area contributed by atoms with Crippen molar-refractivity contribution in [1.29, 1.82) is 0 Å². The van der Waals surface area contributed by atoms with Crippen molar-refractivity contribution in [1.82, 2.24) is 0 Å². The number of carbonyl (C=O) groups is 1. The number of sulfone groups is 1. The first kappa shape index (κ1) is 28.7. The van der Waals surface area contributed by atoms with Gasteiger partial charge in [0.2, 0.25) is 9.84 Å². The molecule has 37 heavy (non-hydrogen) atoms. The van der Waals surface area contributed by atoms with Crippen molar-refractivity contribution in [3.05, 3.63) is 52.1 Å². The Morgan fingerprint density at radius 1 is 1.03 bits per heavy atom. The number of benzene rings is 1. The van der Waals surface area contributed by atoms with Crippen LogP contribution in [0.15, 0.2) is 36.4 Å². The van der Waals surface area contributed by atoms with Gasteiger partial charge in [0.25, 0.3) is 5.69 Å². The third kappa shape index (κ3) is 3.63. The van der Waals surface area contributed by atoms with E-state index in [-0.39, 0.29) is 5.56 Å². The molecule has 0 amide bonds. The molecule has 1 aromatic carbocycles. The number of ether oxygens (including phenoxy) is 1. The van der Waals surface area contributed by atoms with Gasteiger partial charge in [0.15, 0.2) is 4.75 Å². The Kier molecular flexibility index (Phi) is 6.67. The van der Waals surface area contributed by atoms with E-state index in [0.717, 1.165) is 37.3 Å². The number of allylic oxidation sites excluding steroid dienone is 2. The van der Waals surface area contributed by atoms with Gasteiger partial charge in [-0.3, -0.25) is 14.9 Å². The average Bonchev–Trinajstić information content (AvgIpc) is 3.38. The lowest BCUT2D eigenvalue weighted by Crippen LogP contribution is -2.69. The lowest BCUT2D eigenvalue weighted by atomic mass is 9.77. The average molecular weight is 569 g/mol. The largest absolute Gasteiger partial charge is 0.465 e. The standard InChI is InChI=1S/C20H16F9NO6S/c1-2-36-15(31)16(37(34,35)20(28,29)18(23,24)17(21,22)19(25,26)27)12-6-3-11(9-12)14(16)10-4-7-13(8-5-10)30(32)33/h3-8,11-12,14H,2,9H2,1H3/t11-,12+,14+,16+/m1/s1. The molecule has 1 saturated carbocycles. The maximum Gasteiger partial charge on any atom is 0.460 e. The maximum absolute atomic E-state index is 15.0. The molecule has 0 saturated heterocycles. The van der Waals surface area contributed by atoms with Gasteiger partial charge in [-0.25, -0.2) is 8.42 Å². The molecule has 0 aromatic heterocycles. The molecule has 2 bridgehead atoms. The predicted octanol–water partition coefficient (Wildman–Crippen LogP) is 5.03. The van der Waals surface area contributed by atoms with E-state index in [1.54, 1.807) is 0 Å². The number of halogens is 9. The second-order valence-corrected chi connectivity index (χ2v) is 10.6. The van der Waals surface area contributed by atoms with Gasteiger partial charge in [-0.2, -0.15) is 39.5 Å². The second-order valence-electron chi connectivity index (χ2n) is 8.40. The monoisotopic (exact) mass is 569 g/mol. The molecule has 0 N–H and O–H groups in total. The molecule has 206 valence electrons. The number of non-ortho nitro benzene ring substituents is 1. The number of alkyl halides is 9. The van der Waals surface area contributed by atoms with Gasteiger partial charge in [0.05, 0.1) is 11.5 Å². The Bertz CT molecular complexity index is 1230. The summed E-state index contributed by atoms with van der Waals surface area (Å²) >= 11 is 0. The van der Waals surface area contributed by atoms with Crippen LogP contribution in [0.25, 0.3) is 0 Å². The van der Waals surface area contributed by atoms with E-state index in [2.05, 4.69) is 4.74 Å². The van der Waals surface area contributed by atoms with Crippen LogP contribution in [0.3, 0.4) is 0 Å². The lowest BCUT2D eigenvalue weighted by Gasteiger charge is -2.43. The molecule has 4 atom stereocenters. The molecule has 1 fully saturated rings. The Morgan fingerprint density at radius 3 is 2.03 bits per heavy atom. The van der Waals surface area contributed by atoms with E-state index >= 15 is 8.78 Å². The number of carbonyl (C=O) groups excluding carboxylic acids is 1. The smallest absolute Gasteiger partial charge is 0.460 e. The van der Waals surface area contributed by atoms with E-state index < -0.39 is 85.2 Å². The van der Waals surface area contributed by atoms with Crippen molar-refractivity contribution in [2.75, 3.05) is 6.61 Å². The van der Waals surface area contributed by atoms with Gasteiger partial charge in [-0.15, -0.1) is 0 Å². The van der Waals surface area contributed by atoms with Gasteiger partial charge in [-0.05, 0) is 24.8 Å². The summed E-state index contributed by atoms with van der Waals surface area (Å²) in [7, 11) is -7.30. The summed E-state index contributed by atoms with van der Waals surface area (Å²) in [6, 6.07) is 3.22. The molecule has 0 spiro atoms. The number of esters is 1. The summed E-state index contributed by atoms with van der Waals surface area (Å²) in [6.07, 6.45) is -5.67. The highest BCUT2D eigenvalue weighted by atomic mass is 32.2. The second kappa shape index (κ2) is 8.59. The Labute approximate surface area is 202 Å². The van der Waals surface area contributed by atoms with Crippen LogP contribution in [-0.4, -0.2) is 53.9 Å². The van der Waals surface area contributed by atoms with Crippen LogP contribution in [-0.2, 0) is 19.4 Å². The third-order valence-electron chi connectivity index (χ3n) is 6.51. The maximum atomic E-state index is 15.0. The van der Waals surface area contributed by atoms with Crippen molar-refractivity contribution in [2.24, 2.45) is 11.8 Å². The molecule has 3 rings (SSSR count). The summed E-state index contributed by atoms with van der Waals surface area (Å²) < 4.78 is 151. The summed E-state index contributed by atoms with van der Waals surface area (Å²) in [5.41, 5.74) is -0.963. The summed E-state index contributed by atoms with van der Waals surface area (Å²) in [5.74, 6) is -22.3. The molecular formula is C20H16F9NO6S. The zero-order valence-electron chi connectivity index (χ0n) is 18.3. The minimum Gasteiger partial charge on any atom is -0.465 e. The number of hydrogen-bond acceptors (Lipinski definition) is 6. The zero-order chi connectivity index (χ0) is 28.4. The molecular weight excluding hydrogens is 553 g/mol. The highest BCUT2D eigenvalue weighted by Crippen LogP contribution is 2.65. The van der Waals surface area contributed by atoms with Crippen LogP contribution in [0.2, 0.25) is 0 Å². The van der Waals surface area contributed by atoms with Crippen molar-refractivity contribution < 1.29 is 62.4 Å². The van der Waals surface area contributed by atoms with E-state index in [1.165, 1.54) is 6.08 Å². The highest BCUT2D eigenvalue weighted by molar-refractivity contribution is 7.94. The van der Waals surface area contributed by atoms with Crippen molar-refractivity contribution in [2.45, 2.75) is 47.3 Å². The number of nitrogens with zero attached hydrogens (tertiary/aromatic N) is 1. The number of rotatable bonds is 8. The third-order valence-corrected chi connectivity index (χ3v) is 9.06. The van der Waals surface area contributed by atoms with Gasteiger partial charge < -0.3 is 4.74 Å². The normalized spacial score (nSPS) is 26.4. The molecule has 2 aliphatic carbocycles. The van der Waals surface area contributed by atoms with E-state index in [0.29, 0.717) is 0 Å². The Morgan fingerprint density at radius 2 is 1.57 bits per heavy atom. The quantitative estimate of drug-likeness (QED) is 0.143. The highest BCUT2D eigenvalue weighted by Gasteiger charge is 2.89. The Balaban J connectivity index is 2.33. The van der Waals surface area contributed by atoms with E-state index in [9.17, 15) is 54.1 Å². The minimum atomic E-state index is -7.55. The molecule has 0 aliphatic heterocycles. The first-order valence-electron chi connectivity index (χ1n) is 10.3. The van der Waals surface area contributed by atoms with Gasteiger partial charge in [-0.1, -0.05) is 24.3 Å². The van der Waals surface area contributed by atoms with Crippen LogP contribution >= 0.6 is 0 Å². The van der Waals surface area contributed by atoms with E-state index in [1.807, 2.05) is 0 Å². The predicted molar refractivity (Wildman–Crippen MR) is 106 cm³/mol. The van der Waals surface area contributed by atoms with Crippen molar-refractivity contribution in [3.63, 3.8) is 0 Å². The Hall–Kier alpha value is -2.85. The van der Waals surface area contributed by atoms with Crippen LogP contribution in [0, 0.1) is 22.0 Å². The minimum absolute atomic E-state index is 0.388. The number of nitro groups is 1. The van der Waals surface area contributed by atoms with Crippen LogP contribution in [0.1, 0.15) is 24.8 Å². The molecule has 1 aromatic rings. The zero-order valence-corrected chi connectivity index (χ0v) is 19.1. The summed E-state index contributed by atoms with van der Waals surface area (Å²) in [4.78, 5) is 23.1. The first-order valence-corrected chi connectivity index (χ1v) is 11.8. The fourth-order valence-corrected chi connectivity index (χ4v) is 7.27. The number of hydrogen-bond donors (Lipinski definition) is 0. The van der Waals surface area contributed by atoms with Gasteiger partial charge in [0.1, 0.15) is 0 Å². The fraction of sp³-hybridized carbons (Fsp3) is 0.550. The van der Waals surface area contributed by atoms with E-state index in [4.69, 9.17) is 0 Å². The van der Waals surface area contributed by atoms with Crippen molar-refractivity contribution >= 4 is 21.5 Å². The fourth-order valence-electron chi connectivity index (χ4n) is 4.88. The summed E-state index contributed by atoms with van der Waals surface area (Å²) in [5, 5.41) is 3.80. The SMILES string of the molecule is CCOC(=O)[C@]1(S(=O)(=O)C(F)(F)C(F)(F)C(F)(F)C(F)(F)F)[C@H]2C=C[C@H](C2)[C@@H]1c1ccc([N+](=O)[O-])cc1. The van der Waals surface area contributed by atoms with Gasteiger partial charge in [0, 0.05) is 24.0 Å². The molecule has 2 aliphatic rings. The molecule has 17 heteroatoms. The summed E-state index contributed by atoms with van der Waals surface area (Å²) in [6.45, 7) is 0.373. The van der Waals surface area contributed by atoms with Crippen molar-refractivity contribution in [3.8, 4) is 0 Å². The van der Waals surface area contributed by atoms with Crippen LogP contribution < -0.4 is 0 Å². The molecule has 0 radical (unpaired) electrons. The number of fused-ring (bicyclic) bond motifs is 2.